The Balaban J connectivity index is 2.61. The zero-order chi connectivity index (χ0) is 11.0. The van der Waals surface area contributed by atoms with Gasteiger partial charge in [0.1, 0.15) is 0 Å². The van der Waals surface area contributed by atoms with Crippen molar-refractivity contribution in [3.8, 4) is 5.88 Å². The molecule has 0 aliphatic heterocycles. The fourth-order valence-electron chi connectivity index (χ4n) is 1.26. The molecule has 5 nitrogen and oxygen atoms in total. The SMILES string of the molecule is CC(C)Oc1nc(Cl)nc2c1ncn2C. The molecule has 15 heavy (non-hydrogen) atoms. The Kier molecular flexibility index (Phi) is 2.48. The topological polar surface area (TPSA) is 52.8 Å². The van der Waals surface area contributed by atoms with Gasteiger partial charge in [0, 0.05) is 7.05 Å². The number of nitrogens with zero attached hydrogens (tertiary/aromatic N) is 4. The lowest BCUT2D eigenvalue weighted by Gasteiger charge is -2.08. The lowest BCUT2D eigenvalue weighted by molar-refractivity contribution is 0.235. The number of aryl methyl sites for hydroxylation is 1. The fraction of sp³-hybridized carbons (Fsp3) is 0.444. The number of halogens is 1. The molecule has 0 atom stereocenters. The number of hydrogen-bond donors (Lipinski definition) is 0. The molecule has 0 spiro atoms. The summed E-state index contributed by atoms with van der Waals surface area (Å²) in [5.74, 6) is 0.431. The van der Waals surface area contributed by atoms with Crippen molar-refractivity contribution in [2.24, 2.45) is 7.05 Å². The summed E-state index contributed by atoms with van der Waals surface area (Å²) < 4.78 is 7.28. The third-order valence-corrected chi connectivity index (χ3v) is 2.02. The second-order valence-electron chi connectivity index (χ2n) is 3.49. The molecular formula is C9H11ClN4O. The maximum absolute atomic E-state index is 5.79. The van der Waals surface area contributed by atoms with Crippen molar-refractivity contribution in [1.29, 1.82) is 0 Å². The average molecular weight is 227 g/mol. The first kappa shape index (κ1) is 10.2. The van der Waals surface area contributed by atoms with E-state index in [0.29, 0.717) is 17.0 Å². The minimum atomic E-state index is 0.0289. The van der Waals surface area contributed by atoms with E-state index in [1.54, 1.807) is 10.9 Å². The van der Waals surface area contributed by atoms with E-state index in [1.165, 1.54) is 0 Å². The van der Waals surface area contributed by atoms with Crippen LogP contribution in [0.4, 0.5) is 0 Å². The summed E-state index contributed by atoms with van der Waals surface area (Å²) in [5.41, 5.74) is 1.31. The van der Waals surface area contributed by atoms with Gasteiger partial charge in [-0.15, -0.1) is 0 Å². The molecule has 0 bridgehead atoms. The first-order valence-corrected chi connectivity index (χ1v) is 4.97. The average Bonchev–Trinajstić information content (AvgIpc) is 2.47. The van der Waals surface area contributed by atoms with Gasteiger partial charge < -0.3 is 9.30 Å². The first-order valence-electron chi connectivity index (χ1n) is 4.59. The van der Waals surface area contributed by atoms with Crippen molar-refractivity contribution >= 4 is 22.8 Å². The summed E-state index contributed by atoms with van der Waals surface area (Å²) >= 11 is 5.79. The third-order valence-electron chi connectivity index (χ3n) is 1.85. The zero-order valence-electron chi connectivity index (χ0n) is 8.73. The molecule has 2 heterocycles. The van der Waals surface area contributed by atoms with E-state index in [1.807, 2.05) is 20.9 Å². The van der Waals surface area contributed by atoms with Gasteiger partial charge in [-0.25, -0.2) is 4.98 Å². The van der Waals surface area contributed by atoms with Crippen LogP contribution in [0.2, 0.25) is 5.28 Å². The predicted molar refractivity (Wildman–Crippen MR) is 57.1 cm³/mol. The van der Waals surface area contributed by atoms with E-state index in [9.17, 15) is 0 Å². The van der Waals surface area contributed by atoms with Crippen LogP contribution in [0.15, 0.2) is 6.33 Å². The Morgan fingerprint density at radius 3 is 2.80 bits per heavy atom. The minimum absolute atomic E-state index is 0.0289. The molecule has 80 valence electrons. The van der Waals surface area contributed by atoms with Gasteiger partial charge in [-0.2, -0.15) is 9.97 Å². The quantitative estimate of drug-likeness (QED) is 0.733. The summed E-state index contributed by atoms with van der Waals surface area (Å²) in [6, 6.07) is 0. The molecule has 2 aromatic rings. The molecule has 0 N–H and O–H groups in total. The number of rotatable bonds is 2. The predicted octanol–water partition coefficient (Wildman–Crippen LogP) is 1.80. The van der Waals surface area contributed by atoms with Gasteiger partial charge in [0.25, 0.3) is 0 Å². The molecule has 0 unspecified atom stereocenters. The van der Waals surface area contributed by atoms with Crippen molar-refractivity contribution in [3.05, 3.63) is 11.6 Å². The molecular weight excluding hydrogens is 216 g/mol. The highest BCUT2D eigenvalue weighted by atomic mass is 35.5. The van der Waals surface area contributed by atoms with Crippen molar-refractivity contribution < 1.29 is 4.74 Å². The summed E-state index contributed by atoms with van der Waals surface area (Å²) in [6.45, 7) is 3.84. The molecule has 0 radical (unpaired) electrons. The molecule has 0 aromatic carbocycles. The van der Waals surface area contributed by atoms with E-state index in [4.69, 9.17) is 16.3 Å². The summed E-state index contributed by atoms with van der Waals surface area (Å²) in [6.07, 6.45) is 1.68. The molecule has 2 rings (SSSR count). The van der Waals surface area contributed by atoms with Gasteiger partial charge in [-0.1, -0.05) is 0 Å². The van der Waals surface area contributed by atoms with Gasteiger partial charge in [-0.3, -0.25) is 0 Å². The maximum atomic E-state index is 5.79. The smallest absolute Gasteiger partial charge is 0.247 e. The lowest BCUT2D eigenvalue weighted by atomic mass is 10.4. The number of fused-ring (bicyclic) bond motifs is 1. The number of ether oxygens (including phenoxy) is 1. The Bertz CT molecular complexity index is 494. The van der Waals surface area contributed by atoms with Crippen molar-refractivity contribution in [1.82, 2.24) is 19.5 Å². The fourth-order valence-corrected chi connectivity index (χ4v) is 1.42. The molecule has 0 aliphatic carbocycles. The highest BCUT2D eigenvalue weighted by molar-refractivity contribution is 6.28. The van der Waals surface area contributed by atoms with Gasteiger partial charge >= 0.3 is 0 Å². The molecule has 0 fully saturated rings. The van der Waals surface area contributed by atoms with E-state index in [2.05, 4.69) is 15.0 Å². The Morgan fingerprint density at radius 2 is 2.13 bits per heavy atom. The first-order chi connectivity index (χ1) is 7.08. The van der Waals surface area contributed by atoms with Crippen LogP contribution in [0.25, 0.3) is 11.2 Å². The van der Waals surface area contributed by atoms with Crippen molar-refractivity contribution in [2.75, 3.05) is 0 Å². The monoisotopic (exact) mass is 226 g/mol. The van der Waals surface area contributed by atoms with Gasteiger partial charge in [0.15, 0.2) is 11.2 Å². The largest absolute Gasteiger partial charge is 0.473 e. The van der Waals surface area contributed by atoms with E-state index in [-0.39, 0.29) is 11.4 Å². The number of hydrogen-bond acceptors (Lipinski definition) is 4. The molecule has 2 aromatic heterocycles. The number of aromatic nitrogens is 4. The van der Waals surface area contributed by atoms with E-state index in [0.717, 1.165) is 0 Å². The summed E-state index contributed by atoms with van der Waals surface area (Å²) in [5, 5.41) is 0.168. The molecule has 6 heteroatoms. The molecule has 0 aliphatic rings. The maximum Gasteiger partial charge on any atom is 0.247 e. The molecule has 0 saturated carbocycles. The Labute approximate surface area is 92.1 Å². The van der Waals surface area contributed by atoms with Crippen molar-refractivity contribution in [2.45, 2.75) is 20.0 Å². The highest BCUT2D eigenvalue weighted by Crippen LogP contribution is 2.22. The zero-order valence-corrected chi connectivity index (χ0v) is 9.49. The van der Waals surface area contributed by atoms with Gasteiger partial charge in [0.05, 0.1) is 12.4 Å². The van der Waals surface area contributed by atoms with Crippen LogP contribution in [0.1, 0.15) is 13.8 Å². The summed E-state index contributed by atoms with van der Waals surface area (Å²) in [4.78, 5) is 12.3. The van der Waals surface area contributed by atoms with Crippen LogP contribution in [0, 0.1) is 0 Å². The van der Waals surface area contributed by atoms with Crippen LogP contribution in [-0.4, -0.2) is 25.6 Å². The van der Waals surface area contributed by atoms with Crippen LogP contribution in [-0.2, 0) is 7.05 Å². The second-order valence-corrected chi connectivity index (χ2v) is 3.83. The third kappa shape index (κ3) is 1.87. The second kappa shape index (κ2) is 3.66. The lowest BCUT2D eigenvalue weighted by Crippen LogP contribution is -2.08. The van der Waals surface area contributed by atoms with Crippen LogP contribution in [0.5, 0.6) is 5.88 Å². The van der Waals surface area contributed by atoms with Gasteiger partial charge in [0.2, 0.25) is 11.2 Å². The highest BCUT2D eigenvalue weighted by Gasteiger charge is 2.13. The minimum Gasteiger partial charge on any atom is -0.473 e. The molecule has 0 saturated heterocycles. The van der Waals surface area contributed by atoms with Gasteiger partial charge in [-0.05, 0) is 25.4 Å². The molecule has 0 amide bonds. The Morgan fingerprint density at radius 1 is 1.40 bits per heavy atom. The number of imidazole rings is 1. The van der Waals surface area contributed by atoms with Crippen LogP contribution >= 0.6 is 11.6 Å². The normalized spacial score (nSPS) is 11.3. The van der Waals surface area contributed by atoms with E-state index >= 15 is 0 Å². The van der Waals surface area contributed by atoms with Crippen LogP contribution in [0.3, 0.4) is 0 Å². The van der Waals surface area contributed by atoms with Crippen LogP contribution < -0.4 is 4.74 Å². The van der Waals surface area contributed by atoms with E-state index < -0.39 is 0 Å². The summed E-state index contributed by atoms with van der Waals surface area (Å²) in [7, 11) is 1.85. The standard InChI is InChI=1S/C9H11ClN4O/c1-5(2)15-8-6-7(12-9(10)13-8)14(3)4-11-6/h4-5H,1-3H3. The Hall–Kier alpha value is -1.36. The van der Waals surface area contributed by atoms with Crippen molar-refractivity contribution in [3.63, 3.8) is 0 Å².